The zero-order chi connectivity index (χ0) is 10.3. The quantitative estimate of drug-likeness (QED) is 0.420. The summed E-state index contributed by atoms with van der Waals surface area (Å²) in [7, 11) is 0.728. The molecule has 2 fully saturated rings. The van der Waals surface area contributed by atoms with Crippen LogP contribution in [0, 0.1) is 0 Å². The van der Waals surface area contributed by atoms with E-state index in [1.165, 1.54) is 0 Å². The molecule has 0 aromatic carbocycles. The summed E-state index contributed by atoms with van der Waals surface area (Å²) in [6, 6.07) is 0.135. The number of nitrogens with zero attached hydrogens (tertiary/aromatic N) is 2. The standard InChI is InChI=1S/C8H15N3O2S/c1-9-8(10-2)11-4-7-3-6(11)5-14(7,12)13/h6-7H,3-5H2,1-2H3,(H,9,10). The largest absolute Gasteiger partial charge is 0.359 e. The maximum atomic E-state index is 11.5. The molecule has 6 heteroatoms. The van der Waals surface area contributed by atoms with Crippen LogP contribution in [-0.4, -0.2) is 57.0 Å². The summed E-state index contributed by atoms with van der Waals surface area (Å²) in [6.45, 7) is 0.598. The summed E-state index contributed by atoms with van der Waals surface area (Å²) in [5, 5.41) is 2.82. The molecule has 2 aliphatic heterocycles. The number of hydrogen-bond donors (Lipinski definition) is 1. The molecule has 0 radical (unpaired) electrons. The summed E-state index contributed by atoms with van der Waals surface area (Å²) < 4.78 is 23.0. The van der Waals surface area contributed by atoms with Gasteiger partial charge in [0.2, 0.25) is 0 Å². The van der Waals surface area contributed by atoms with Gasteiger partial charge in [0.1, 0.15) is 0 Å². The van der Waals surface area contributed by atoms with E-state index in [1.54, 1.807) is 7.05 Å². The Hall–Kier alpha value is -0.780. The van der Waals surface area contributed by atoms with E-state index in [0.717, 1.165) is 12.4 Å². The number of likely N-dealkylation sites (tertiary alicyclic amines) is 1. The minimum absolute atomic E-state index is 0.135. The number of aliphatic imine (C=N–C) groups is 1. The molecule has 2 bridgehead atoms. The van der Waals surface area contributed by atoms with Gasteiger partial charge in [-0.1, -0.05) is 0 Å². The Labute approximate surface area is 84.1 Å². The van der Waals surface area contributed by atoms with E-state index in [1.807, 2.05) is 7.05 Å². The lowest BCUT2D eigenvalue weighted by Gasteiger charge is -2.29. The van der Waals surface area contributed by atoms with Crippen LogP contribution in [0.3, 0.4) is 0 Å². The van der Waals surface area contributed by atoms with Crippen LogP contribution in [-0.2, 0) is 9.84 Å². The van der Waals surface area contributed by atoms with Crippen LogP contribution in [0.4, 0.5) is 0 Å². The van der Waals surface area contributed by atoms with Gasteiger partial charge in [-0.2, -0.15) is 0 Å². The SMILES string of the molecule is CN=C(NC)N1CC2CC1CS2(=O)=O. The molecule has 2 saturated heterocycles. The normalized spacial score (nSPS) is 35.0. The second kappa shape index (κ2) is 3.12. The molecule has 0 saturated carbocycles. The van der Waals surface area contributed by atoms with Crippen molar-refractivity contribution in [2.75, 3.05) is 26.4 Å². The van der Waals surface area contributed by atoms with Gasteiger partial charge in [-0.3, -0.25) is 4.99 Å². The van der Waals surface area contributed by atoms with E-state index < -0.39 is 9.84 Å². The fourth-order valence-electron chi connectivity index (χ4n) is 2.34. The van der Waals surface area contributed by atoms with Crippen molar-refractivity contribution in [2.24, 2.45) is 4.99 Å². The first-order chi connectivity index (χ1) is 6.58. The van der Waals surface area contributed by atoms with Crippen LogP contribution in [0.1, 0.15) is 6.42 Å². The molecular formula is C8H15N3O2S. The molecule has 0 amide bonds. The third kappa shape index (κ3) is 1.28. The number of nitrogens with one attached hydrogen (secondary N) is 1. The molecule has 2 rings (SSSR count). The van der Waals surface area contributed by atoms with Crippen LogP contribution in [0.25, 0.3) is 0 Å². The molecule has 80 valence electrons. The van der Waals surface area contributed by atoms with Crippen LogP contribution >= 0.6 is 0 Å². The van der Waals surface area contributed by atoms with Gasteiger partial charge in [0.05, 0.1) is 11.0 Å². The molecule has 1 N–H and O–H groups in total. The van der Waals surface area contributed by atoms with Crippen molar-refractivity contribution in [2.45, 2.75) is 17.7 Å². The first-order valence-corrected chi connectivity index (χ1v) is 6.42. The van der Waals surface area contributed by atoms with E-state index in [0.29, 0.717) is 12.3 Å². The molecule has 0 aromatic rings. The highest BCUT2D eigenvalue weighted by Crippen LogP contribution is 2.32. The summed E-state index contributed by atoms with van der Waals surface area (Å²) in [5.41, 5.74) is 0. The van der Waals surface area contributed by atoms with Crippen LogP contribution in [0.5, 0.6) is 0 Å². The van der Waals surface area contributed by atoms with Gasteiger partial charge >= 0.3 is 0 Å². The fraction of sp³-hybridized carbons (Fsp3) is 0.875. The molecule has 0 spiro atoms. The van der Waals surface area contributed by atoms with Crippen molar-refractivity contribution < 1.29 is 8.42 Å². The number of hydrogen-bond acceptors (Lipinski definition) is 3. The Morgan fingerprint density at radius 3 is 2.64 bits per heavy atom. The maximum absolute atomic E-state index is 11.5. The van der Waals surface area contributed by atoms with Gasteiger partial charge in [-0.15, -0.1) is 0 Å². The minimum atomic E-state index is -2.79. The number of rotatable bonds is 0. The van der Waals surface area contributed by atoms with Gasteiger partial charge in [0.25, 0.3) is 0 Å². The van der Waals surface area contributed by atoms with Gasteiger partial charge in [0, 0.05) is 26.7 Å². The van der Waals surface area contributed by atoms with Gasteiger partial charge in [-0.25, -0.2) is 8.42 Å². The van der Waals surface area contributed by atoms with Crippen LogP contribution in [0.2, 0.25) is 0 Å². The molecule has 5 nitrogen and oxygen atoms in total. The molecule has 0 aliphatic carbocycles. The first kappa shape index (κ1) is 9.76. The van der Waals surface area contributed by atoms with Crippen LogP contribution < -0.4 is 5.32 Å². The average molecular weight is 217 g/mol. The molecule has 0 aromatic heterocycles. The fourth-order valence-corrected chi connectivity index (χ4v) is 4.37. The van der Waals surface area contributed by atoms with Gasteiger partial charge in [0.15, 0.2) is 15.8 Å². The van der Waals surface area contributed by atoms with Crippen molar-refractivity contribution in [1.82, 2.24) is 10.2 Å². The molecular weight excluding hydrogens is 202 g/mol. The van der Waals surface area contributed by atoms with Gasteiger partial charge < -0.3 is 10.2 Å². The second-order valence-corrected chi connectivity index (χ2v) is 6.12. The Morgan fingerprint density at radius 1 is 1.57 bits per heavy atom. The third-order valence-electron chi connectivity index (χ3n) is 3.02. The van der Waals surface area contributed by atoms with Crippen molar-refractivity contribution in [3.63, 3.8) is 0 Å². The zero-order valence-corrected chi connectivity index (χ0v) is 9.21. The predicted molar refractivity (Wildman–Crippen MR) is 55.1 cm³/mol. The van der Waals surface area contributed by atoms with Crippen LogP contribution in [0.15, 0.2) is 4.99 Å². The Morgan fingerprint density at radius 2 is 2.29 bits per heavy atom. The molecule has 2 aliphatic rings. The summed E-state index contributed by atoms with van der Waals surface area (Å²) >= 11 is 0. The molecule has 14 heavy (non-hydrogen) atoms. The summed E-state index contributed by atoms with van der Waals surface area (Å²) in [5.74, 6) is 1.09. The highest BCUT2D eigenvalue weighted by atomic mass is 32.2. The minimum Gasteiger partial charge on any atom is -0.359 e. The third-order valence-corrected chi connectivity index (χ3v) is 5.22. The summed E-state index contributed by atoms with van der Waals surface area (Å²) in [4.78, 5) is 6.15. The number of sulfone groups is 1. The van der Waals surface area contributed by atoms with E-state index in [-0.39, 0.29) is 11.3 Å². The number of guanidine groups is 1. The van der Waals surface area contributed by atoms with E-state index in [2.05, 4.69) is 15.2 Å². The van der Waals surface area contributed by atoms with Gasteiger partial charge in [-0.05, 0) is 6.42 Å². The Bertz CT molecular complexity index is 363. The van der Waals surface area contributed by atoms with E-state index >= 15 is 0 Å². The van der Waals surface area contributed by atoms with E-state index in [4.69, 9.17) is 0 Å². The van der Waals surface area contributed by atoms with E-state index in [9.17, 15) is 8.42 Å². The molecule has 2 atom stereocenters. The number of fused-ring (bicyclic) bond motifs is 2. The Balaban J connectivity index is 2.18. The first-order valence-electron chi connectivity index (χ1n) is 4.71. The lowest BCUT2D eigenvalue weighted by atomic mass is 10.2. The molecule has 2 heterocycles. The van der Waals surface area contributed by atoms with Crippen molar-refractivity contribution in [3.8, 4) is 0 Å². The smallest absolute Gasteiger partial charge is 0.193 e. The lowest BCUT2D eigenvalue weighted by molar-refractivity contribution is 0.395. The lowest BCUT2D eigenvalue weighted by Crippen LogP contribution is -2.48. The second-order valence-electron chi connectivity index (χ2n) is 3.79. The van der Waals surface area contributed by atoms with Crippen molar-refractivity contribution in [3.05, 3.63) is 0 Å². The van der Waals surface area contributed by atoms with Crippen molar-refractivity contribution >= 4 is 15.8 Å². The van der Waals surface area contributed by atoms with Crippen molar-refractivity contribution in [1.29, 1.82) is 0 Å². The molecule has 2 unspecified atom stereocenters. The zero-order valence-electron chi connectivity index (χ0n) is 8.40. The monoisotopic (exact) mass is 217 g/mol. The summed E-state index contributed by atoms with van der Waals surface area (Å²) in [6.07, 6.45) is 0.767. The highest BCUT2D eigenvalue weighted by Gasteiger charge is 2.49. The maximum Gasteiger partial charge on any atom is 0.193 e. The average Bonchev–Trinajstić information content (AvgIpc) is 2.62. The highest BCUT2D eigenvalue weighted by molar-refractivity contribution is 7.92. The Kier molecular flexibility index (Phi) is 2.17. The topological polar surface area (TPSA) is 61.8 Å². The predicted octanol–water partition coefficient (Wildman–Crippen LogP) is -0.937.